The summed E-state index contributed by atoms with van der Waals surface area (Å²) in [5.74, 6) is 0. The molecular formula is C5H10O4S. The summed E-state index contributed by atoms with van der Waals surface area (Å²) in [6.45, 7) is 0. The summed E-state index contributed by atoms with van der Waals surface area (Å²) in [5, 5.41) is 9.19. The van der Waals surface area contributed by atoms with E-state index in [1.807, 2.05) is 0 Å². The van der Waals surface area contributed by atoms with Crippen LogP contribution in [-0.2, 0) is 10.1 Å². The van der Waals surface area contributed by atoms with Crippen LogP contribution in [0, 0.1) is 0 Å². The van der Waals surface area contributed by atoms with Crippen LogP contribution >= 0.6 is 0 Å². The zero-order valence-corrected chi connectivity index (χ0v) is 6.26. The molecule has 4 nitrogen and oxygen atoms in total. The van der Waals surface area contributed by atoms with Crippen LogP contribution in [0.3, 0.4) is 0 Å². The fourth-order valence-corrected chi connectivity index (χ4v) is 1.99. The van der Waals surface area contributed by atoms with E-state index in [-0.39, 0.29) is 12.8 Å². The van der Waals surface area contributed by atoms with Crippen molar-refractivity contribution in [3.8, 4) is 0 Å². The minimum absolute atomic E-state index is 0.159. The first kappa shape index (κ1) is 7.97. The van der Waals surface area contributed by atoms with E-state index in [2.05, 4.69) is 0 Å². The summed E-state index contributed by atoms with van der Waals surface area (Å²) in [4.78, 5) is -1.84. The highest BCUT2D eigenvalue weighted by atomic mass is 32.2. The molecule has 0 unspecified atom stereocenters. The fourth-order valence-electron chi connectivity index (χ4n) is 1.19. The van der Waals surface area contributed by atoms with E-state index in [1.165, 1.54) is 0 Å². The molecule has 2 N–H and O–H groups in total. The van der Waals surface area contributed by atoms with E-state index in [4.69, 9.17) is 4.55 Å². The molecule has 1 aliphatic carbocycles. The van der Waals surface area contributed by atoms with Gasteiger partial charge >= 0.3 is 0 Å². The zero-order valence-electron chi connectivity index (χ0n) is 5.45. The lowest BCUT2D eigenvalue weighted by Crippen LogP contribution is -2.34. The quantitative estimate of drug-likeness (QED) is 0.543. The van der Waals surface area contributed by atoms with Crippen LogP contribution in [-0.4, -0.2) is 23.0 Å². The van der Waals surface area contributed by atoms with E-state index in [0.29, 0.717) is 12.8 Å². The first-order valence-electron chi connectivity index (χ1n) is 3.15. The minimum Gasteiger partial charge on any atom is -0.372 e. The van der Waals surface area contributed by atoms with E-state index in [9.17, 15) is 13.5 Å². The predicted molar refractivity (Wildman–Crippen MR) is 35.0 cm³/mol. The molecule has 60 valence electrons. The molecule has 0 amide bonds. The van der Waals surface area contributed by atoms with E-state index < -0.39 is 15.1 Å². The molecule has 0 saturated heterocycles. The molecule has 0 spiro atoms. The minimum atomic E-state index is -4.25. The highest BCUT2D eigenvalue weighted by molar-refractivity contribution is 7.87. The lowest BCUT2D eigenvalue weighted by Gasteiger charge is -2.16. The molecule has 0 aromatic rings. The van der Waals surface area contributed by atoms with Gasteiger partial charge in [0.15, 0.2) is 4.93 Å². The van der Waals surface area contributed by atoms with Crippen LogP contribution in [0.25, 0.3) is 0 Å². The van der Waals surface area contributed by atoms with E-state index >= 15 is 0 Å². The normalized spacial score (nSPS) is 25.0. The highest BCUT2D eigenvalue weighted by Crippen LogP contribution is 2.33. The first-order valence-corrected chi connectivity index (χ1v) is 4.59. The maximum absolute atomic E-state index is 10.5. The molecule has 0 radical (unpaired) electrons. The van der Waals surface area contributed by atoms with Crippen molar-refractivity contribution in [2.24, 2.45) is 0 Å². The van der Waals surface area contributed by atoms with Crippen molar-refractivity contribution < 1.29 is 18.1 Å². The Labute approximate surface area is 59.6 Å². The Kier molecular flexibility index (Phi) is 1.74. The Bertz CT molecular complexity index is 212. The monoisotopic (exact) mass is 166 g/mol. The zero-order chi connectivity index (χ0) is 7.83. The highest BCUT2D eigenvalue weighted by Gasteiger charge is 2.43. The molecule has 0 aliphatic heterocycles. The van der Waals surface area contributed by atoms with Gasteiger partial charge in [-0.3, -0.25) is 4.55 Å². The third-order valence-corrected chi connectivity index (χ3v) is 3.23. The van der Waals surface area contributed by atoms with Gasteiger partial charge in [0.05, 0.1) is 0 Å². The van der Waals surface area contributed by atoms with Gasteiger partial charge in [0, 0.05) is 0 Å². The largest absolute Gasteiger partial charge is 0.372 e. The van der Waals surface area contributed by atoms with Crippen molar-refractivity contribution in [3.63, 3.8) is 0 Å². The maximum Gasteiger partial charge on any atom is 0.294 e. The van der Waals surface area contributed by atoms with E-state index in [0.717, 1.165) is 0 Å². The Hall–Kier alpha value is -0.130. The fraction of sp³-hybridized carbons (Fsp3) is 1.00. The molecular weight excluding hydrogens is 156 g/mol. The summed E-state index contributed by atoms with van der Waals surface area (Å²) in [6.07, 6.45) is 1.64. The molecule has 5 heteroatoms. The average Bonchev–Trinajstić information content (AvgIpc) is 2.13. The lowest BCUT2D eigenvalue weighted by molar-refractivity contribution is 0.120. The van der Waals surface area contributed by atoms with Crippen molar-refractivity contribution in [1.29, 1.82) is 0 Å². The maximum atomic E-state index is 10.5. The Morgan fingerprint density at radius 2 is 1.60 bits per heavy atom. The van der Waals surface area contributed by atoms with Gasteiger partial charge < -0.3 is 5.11 Å². The molecule has 1 rings (SSSR count). The second-order valence-electron chi connectivity index (χ2n) is 2.63. The van der Waals surface area contributed by atoms with E-state index in [1.54, 1.807) is 0 Å². The van der Waals surface area contributed by atoms with Crippen molar-refractivity contribution in [1.82, 2.24) is 0 Å². The van der Waals surface area contributed by atoms with Gasteiger partial charge in [-0.15, -0.1) is 0 Å². The molecule has 0 aromatic carbocycles. The number of hydrogen-bond donors (Lipinski definition) is 2. The summed E-state index contributed by atoms with van der Waals surface area (Å²) >= 11 is 0. The third kappa shape index (κ3) is 1.16. The molecule has 0 atom stereocenters. The average molecular weight is 166 g/mol. The SMILES string of the molecule is O=S(=O)(O)C1(O)CCCC1. The smallest absolute Gasteiger partial charge is 0.294 e. The van der Waals surface area contributed by atoms with Crippen LogP contribution in [0.1, 0.15) is 25.7 Å². The number of aliphatic hydroxyl groups is 1. The molecule has 1 aliphatic rings. The second-order valence-corrected chi connectivity index (χ2v) is 4.34. The third-order valence-electron chi connectivity index (χ3n) is 1.86. The topological polar surface area (TPSA) is 74.6 Å². The lowest BCUT2D eigenvalue weighted by atomic mass is 10.3. The van der Waals surface area contributed by atoms with Crippen molar-refractivity contribution in [2.75, 3.05) is 0 Å². The van der Waals surface area contributed by atoms with Crippen molar-refractivity contribution in [2.45, 2.75) is 30.6 Å². The van der Waals surface area contributed by atoms with Crippen LogP contribution < -0.4 is 0 Å². The first-order chi connectivity index (χ1) is 4.46. The summed E-state index contributed by atoms with van der Waals surface area (Å²) in [7, 11) is -4.25. The van der Waals surface area contributed by atoms with Gasteiger partial charge in [-0.05, 0) is 25.7 Å². The van der Waals surface area contributed by atoms with Gasteiger partial charge in [-0.2, -0.15) is 8.42 Å². The van der Waals surface area contributed by atoms with Gasteiger partial charge in [0.1, 0.15) is 0 Å². The second kappa shape index (κ2) is 2.18. The standard InChI is InChI=1S/C5H10O4S/c6-5(10(7,8)9)3-1-2-4-5/h6H,1-4H2,(H,7,8,9). The van der Waals surface area contributed by atoms with Gasteiger partial charge in [-0.1, -0.05) is 0 Å². The summed E-state index contributed by atoms with van der Waals surface area (Å²) < 4.78 is 29.4. The molecule has 10 heavy (non-hydrogen) atoms. The van der Waals surface area contributed by atoms with Crippen molar-refractivity contribution in [3.05, 3.63) is 0 Å². The molecule has 0 aromatic heterocycles. The Morgan fingerprint density at radius 1 is 1.20 bits per heavy atom. The predicted octanol–water partition coefficient (Wildman–Crippen LogP) is 0.137. The van der Waals surface area contributed by atoms with Crippen molar-refractivity contribution >= 4 is 10.1 Å². The van der Waals surface area contributed by atoms with Gasteiger partial charge in [0.2, 0.25) is 0 Å². The van der Waals surface area contributed by atoms with Crippen LogP contribution in [0.2, 0.25) is 0 Å². The van der Waals surface area contributed by atoms with Crippen LogP contribution in [0.15, 0.2) is 0 Å². The summed E-state index contributed by atoms with van der Waals surface area (Å²) in [6, 6.07) is 0. The number of hydrogen-bond acceptors (Lipinski definition) is 3. The molecule has 0 heterocycles. The Balaban J connectivity index is 2.88. The summed E-state index contributed by atoms with van der Waals surface area (Å²) in [5.41, 5.74) is 0. The van der Waals surface area contributed by atoms with Gasteiger partial charge in [0.25, 0.3) is 10.1 Å². The molecule has 0 bridgehead atoms. The van der Waals surface area contributed by atoms with Gasteiger partial charge in [-0.25, -0.2) is 0 Å². The molecule has 1 fully saturated rings. The number of rotatable bonds is 1. The van der Waals surface area contributed by atoms with Crippen LogP contribution in [0.5, 0.6) is 0 Å². The van der Waals surface area contributed by atoms with Crippen LogP contribution in [0.4, 0.5) is 0 Å². The Morgan fingerprint density at radius 3 is 1.80 bits per heavy atom. The molecule has 1 saturated carbocycles.